The summed E-state index contributed by atoms with van der Waals surface area (Å²) in [6.45, 7) is 5.89. The quantitative estimate of drug-likeness (QED) is 0.657. The Morgan fingerprint density at radius 3 is 2.77 bits per heavy atom. The van der Waals surface area contributed by atoms with Crippen molar-refractivity contribution in [3.63, 3.8) is 0 Å². The lowest BCUT2D eigenvalue weighted by Crippen LogP contribution is -2.22. The van der Waals surface area contributed by atoms with Crippen molar-refractivity contribution in [2.75, 3.05) is 13.1 Å². The standard InChI is InChI=1S/C16H17F3N2O/c1-3-7-20-9-14(22)12-8-10(2)21-15-11(12)5-4-6-13(15)16(17,18)19/h3-6,8,14,20,22H,1,7,9H2,2H3. The summed E-state index contributed by atoms with van der Waals surface area (Å²) < 4.78 is 39.3. The van der Waals surface area contributed by atoms with Gasteiger partial charge in [-0.05, 0) is 24.6 Å². The maximum Gasteiger partial charge on any atom is 0.418 e. The number of nitrogens with one attached hydrogen (secondary N) is 1. The van der Waals surface area contributed by atoms with Gasteiger partial charge >= 0.3 is 6.18 Å². The molecule has 0 saturated heterocycles. The molecule has 0 bridgehead atoms. The minimum Gasteiger partial charge on any atom is -0.387 e. The highest BCUT2D eigenvalue weighted by Crippen LogP contribution is 2.36. The summed E-state index contributed by atoms with van der Waals surface area (Å²) in [5, 5.41) is 13.5. The predicted molar refractivity (Wildman–Crippen MR) is 79.5 cm³/mol. The molecule has 1 aromatic carbocycles. The molecular formula is C16H17F3N2O. The maximum atomic E-state index is 13.1. The van der Waals surface area contributed by atoms with Crippen molar-refractivity contribution in [1.82, 2.24) is 10.3 Å². The Kier molecular flexibility index (Phi) is 4.83. The predicted octanol–water partition coefficient (Wildman–Crippen LogP) is 3.37. The van der Waals surface area contributed by atoms with Crippen LogP contribution in [0, 0.1) is 6.92 Å². The second kappa shape index (κ2) is 6.46. The first-order valence-corrected chi connectivity index (χ1v) is 6.81. The van der Waals surface area contributed by atoms with Gasteiger partial charge in [0.05, 0.1) is 17.2 Å². The van der Waals surface area contributed by atoms with Crippen molar-refractivity contribution in [3.8, 4) is 0 Å². The van der Waals surface area contributed by atoms with Gasteiger partial charge in [-0.2, -0.15) is 13.2 Å². The molecule has 6 heteroatoms. The maximum absolute atomic E-state index is 13.1. The number of benzene rings is 1. The van der Waals surface area contributed by atoms with Crippen LogP contribution < -0.4 is 5.32 Å². The number of hydrogen-bond donors (Lipinski definition) is 2. The monoisotopic (exact) mass is 310 g/mol. The molecule has 118 valence electrons. The summed E-state index contributed by atoms with van der Waals surface area (Å²) in [5.74, 6) is 0. The van der Waals surface area contributed by atoms with Crippen molar-refractivity contribution >= 4 is 10.9 Å². The number of aliphatic hydroxyl groups excluding tert-OH is 1. The number of halogens is 3. The molecule has 1 aromatic heterocycles. The van der Waals surface area contributed by atoms with E-state index in [0.29, 0.717) is 23.2 Å². The third kappa shape index (κ3) is 3.45. The summed E-state index contributed by atoms with van der Waals surface area (Å²) in [6, 6.07) is 5.49. The van der Waals surface area contributed by atoms with Crippen LogP contribution in [0.5, 0.6) is 0 Å². The van der Waals surface area contributed by atoms with Crippen LogP contribution in [-0.4, -0.2) is 23.2 Å². The number of alkyl halides is 3. The fourth-order valence-corrected chi connectivity index (χ4v) is 2.34. The van der Waals surface area contributed by atoms with E-state index in [0.717, 1.165) is 6.07 Å². The van der Waals surface area contributed by atoms with Crippen molar-refractivity contribution < 1.29 is 18.3 Å². The molecule has 22 heavy (non-hydrogen) atoms. The van der Waals surface area contributed by atoms with Crippen LogP contribution in [0.2, 0.25) is 0 Å². The largest absolute Gasteiger partial charge is 0.418 e. The van der Waals surface area contributed by atoms with Crippen LogP contribution >= 0.6 is 0 Å². The molecule has 1 atom stereocenters. The number of hydrogen-bond acceptors (Lipinski definition) is 3. The van der Waals surface area contributed by atoms with E-state index in [1.807, 2.05) is 0 Å². The number of aromatic nitrogens is 1. The zero-order valence-electron chi connectivity index (χ0n) is 12.1. The normalized spacial score (nSPS) is 13.3. The van der Waals surface area contributed by atoms with Crippen LogP contribution in [0.25, 0.3) is 10.9 Å². The number of aliphatic hydroxyl groups is 1. The molecule has 2 aromatic rings. The number of aryl methyl sites for hydroxylation is 1. The van der Waals surface area contributed by atoms with Crippen LogP contribution in [0.15, 0.2) is 36.9 Å². The van der Waals surface area contributed by atoms with Crippen molar-refractivity contribution in [2.45, 2.75) is 19.2 Å². The highest BCUT2D eigenvalue weighted by Gasteiger charge is 2.33. The molecule has 0 aliphatic heterocycles. The molecule has 2 rings (SSSR count). The van der Waals surface area contributed by atoms with Gasteiger partial charge in [0, 0.05) is 24.2 Å². The number of nitrogens with zero attached hydrogens (tertiary/aromatic N) is 1. The molecule has 3 nitrogen and oxygen atoms in total. The Balaban J connectivity index is 2.54. The van der Waals surface area contributed by atoms with E-state index in [1.165, 1.54) is 6.07 Å². The zero-order valence-corrected chi connectivity index (χ0v) is 12.1. The second-order valence-electron chi connectivity index (χ2n) is 5.02. The van der Waals surface area contributed by atoms with Gasteiger partial charge in [0.2, 0.25) is 0 Å². The highest BCUT2D eigenvalue weighted by atomic mass is 19.4. The smallest absolute Gasteiger partial charge is 0.387 e. The first kappa shape index (κ1) is 16.5. The molecule has 1 unspecified atom stereocenters. The average molecular weight is 310 g/mol. The van der Waals surface area contributed by atoms with E-state index in [1.54, 1.807) is 25.1 Å². The Bertz CT molecular complexity index is 683. The average Bonchev–Trinajstić information content (AvgIpc) is 2.44. The molecule has 0 aliphatic rings. The van der Waals surface area contributed by atoms with E-state index in [9.17, 15) is 18.3 Å². The molecule has 2 N–H and O–H groups in total. The molecule has 1 heterocycles. The Morgan fingerprint density at radius 2 is 2.14 bits per heavy atom. The van der Waals surface area contributed by atoms with E-state index in [-0.39, 0.29) is 12.1 Å². The lowest BCUT2D eigenvalue weighted by molar-refractivity contribution is -0.136. The molecule has 0 radical (unpaired) electrons. The summed E-state index contributed by atoms with van der Waals surface area (Å²) in [5.41, 5.74) is -0.0545. The topological polar surface area (TPSA) is 45.1 Å². The number of fused-ring (bicyclic) bond motifs is 1. The first-order chi connectivity index (χ1) is 10.3. The van der Waals surface area contributed by atoms with Crippen molar-refractivity contribution in [2.24, 2.45) is 0 Å². The molecule has 0 amide bonds. The van der Waals surface area contributed by atoms with Gasteiger partial charge in [0.25, 0.3) is 0 Å². The second-order valence-corrected chi connectivity index (χ2v) is 5.02. The third-order valence-corrected chi connectivity index (χ3v) is 3.29. The fraction of sp³-hybridized carbons (Fsp3) is 0.312. The molecule has 0 saturated carbocycles. The number of pyridine rings is 1. The van der Waals surface area contributed by atoms with Crippen molar-refractivity contribution in [1.29, 1.82) is 0 Å². The van der Waals surface area contributed by atoms with E-state index < -0.39 is 17.8 Å². The lowest BCUT2D eigenvalue weighted by atomic mass is 10.00. The number of para-hydroxylation sites is 1. The summed E-state index contributed by atoms with van der Waals surface area (Å²) >= 11 is 0. The van der Waals surface area contributed by atoms with E-state index in [2.05, 4.69) is 16.9 Å². The van der Waals surface area contributed by atoms with Gasteiger partial charge in [-0.15, -0.1) is 6.58 Å². The first-order valence-electron chi connectivity index (χ1n) is 6.81. The van der Waals surface area contributed by atoms with Crippen LogP contribution in [0.1, 0.15) is 22.9 Å². The van der Waals surface area contributed by atoms with Crippen LogP contribution in [0.4, 0.5) is 13.2 Å². The molecule has 0 spiro atoms. The van der Waals surface area contributed by atoms with Gasteiger partial charge in [0.15, 0.2) is 0 Å². The van der Waals surface area contributed by atoms with E-state index in [4.69, 9.17) is 0 Å². The Hall–Kier alpha value is -1.92. The lowest BCUT2D eigenvalue weighted by Gasteiger charge is -2.17. The summed E-state index contributed by atoms with van der Waals surface area (Å²) in [4.78, 5) is 4.01. The summed E-state index contributed by atoms with van der Waals surface area (Å²) in [7, 11) is 0. The molecule has 0 fully saturated rings. The summed E-state index contributed by atoms with van der Waals surface area (Å²) in [6.07, 6.45) is -3.76. The Labute approximate surface area is 126 Å². The minimum atomic E-state index is -4.48. The van der Waals surface area contributed by atoms with Gasteiger partial charge in [0.1, 0.15) is 0 Å². The Morgan fingerprint density at radius 1 is 1.41 bits per heavy atom. The molecule has 0 aliphatic carbocycles. The third-order valence-electron chi connectivity index (χ3n) is 3.29. The number of rotatable bonds is 5. The van der Waals surface area contributed by atoms with Gasteiger partial charge in [-0.1, -0.05) is 18.2 Å². The van der Waals surface area contributed by atoms with Crippen LogP contribution in [-0.2, 0) is 6.18 Å². The SMILES string of the molecule is C=CCNCC(O)c1cc(C)nc2c(C(F)(F)F)cccc12. The van der Waals surface area contributed by atoms with Gasteiger partial charge in [-0.25, -0.2) is 0 Å². The van der Waals surface area contributed by atoms with Gasteiger partial charge < -0.3 is 10.4 Å². The molecular weight excluding hydrogens is 293 g/mol. The van der Waals surface area contributed by atoms with E-state index >= 15 is 0 Å². The van der Waals surface area contributed by atoms with Crippen LogP contribution in [0.3, 0.4) is 0 Å². The van der Waals surface area contributed by atoms with Gasteiger partial charge in [-0.3, -0.25) is 4.98 Å². The fourth-order valence-electron chi connectivity index (χ4n) is 2.34. The van der Waals surface area contributed by atoms with Crippen molar-refractivity contribution in [3.05, 3.63) is 53.7 Å². The minimum absolute atomic E-state index is 0.132. The highest BCUT2D eigenvalue weighted by molar-refractivity contribution is 5.86. The zero-order chi connectivity index (χ0) is 16.3.